The van der Waals surface area contributed by atoms with Crippen LogP contribution in [0, 0.1) is 0 Å². The van der Waals surface area contributed by atoms with Gasteiger partial charge in [-0.15, -0.1) is 0 Å². The molecule has 1 atom stereocenters. The molecular weight excluding hydrogens is 192 g/mol. The first-order valence-electron chi connectivity index (χ1n) is 4.97. The Hall–Kier alpha value is -1.55. The zero-order valence-electron chi connectivity index (χ0n) is 8.62. The van der Waals surface area contributed by atoms with Crippen LogP contribution >= 0.6 is 0 Å². The lowest BCUT2D eigenvalue weighted by molar-refractivity contribution is -0.118. The van der Waals surface area contributed by atoms with Gasteiger partial charge in [-0.1, -0.05) is 12.1 Å². The summed E-state index contributed by atoms with van der Waals surface area (Å²) in [6.07, 6.45) is 0.749. The fourth-order valence-corrected chi connectivity index (χ4v) is 1.69. The second kappa shape index (κ2) is 3.90. The molecule has 1 aliphatic rings. The molecule has 1 amide bonds. The molecule has 0 aromatic heterocycles. The first-order chi connectivity index (χ1) is 7.16. The van der Waals surface area contributed by atoms with Crippen molar-refractivity contribution in [2.24, 2.45) is 5.73 Å². The van der Waals surface area contributed by atoms with Crippen LogP contribution in [-0.4, -0.2) is 18.6 Å². The number of benzene rings is 1. The van der Waals surface area contributed by atoms with E-state index in [9.17, 15) is 4.79 Å². The lowest BCUT2D eigenvalue weighted by Gasteiger charge is -2.21. The predicted molar refractivity (Wildman–Crippen MR) is 57.9 cm³/mol. The van der Waals surface area contributed by atoms with Gasteiger partial charge in [-0.2, -0.15) is 0 Å². The second-order valence-corrected chi connectivity index (χ2v) is 3.81. The van der Waals surface area contributed by atoms with Gasteiger partial charge in [0.15, 0.2) is 6.61 Å². The highest BCUT2D eigenvalue weighted by atomic mass is 16.5. The molecule has 2 rings (SSSR count). The first-order valence-corrected chi connectivity index (χ1v) is 4.97. The Kier molecular flexibility index (Phi) is 2.60. The molecule has 1 unspecified atom stereocenters. The third-order valence-corrected chi connectivity index (χ3v) is 2.26. The van der Waals surface area contributed by atoms with Gasteiger partial charge in [0, 0.05) is 6.04 Å². The number of ether oxygens (including phenoxy) is 1. The average molecular weight is 206 g/mol. The predicted octanol–water partition coefficient (Wildman–Crippen LogP) is 0.907. The third kappa shape index (κ3) is 2.10. The molecular formula is C11H14N2O2. The number of carbonyl (C=O) groups is 1. The van der Waals surface area contributed by atoms with Crippen molar-refractivity contribution in [2.45, 2.75) is 19.4 Å². The number of carbonyl (C=O) groups excluding carboxylic acids is 1. The number of fused-ring (bicyclic) bond motifs is 1. The number of para-hydroxylation sites is 1. The fraction of sp³-hybridized carbons (Fsp3) is 0.364. The Bertz CT molecular complexity index is 388. The average Bonchev–Trinajstić information content (AvgIpc) is 2.16. The van der Waals surface area contributed by atoms with Crippen molar-refractivity contribution in [1.29, 1.82) is 0 Å². The monoisotopic (exact) mass is 206 g/mol. The summed E-state index contributed by atoms with van der Waals surface area (Å²) >= 11 is 0. The van der Waals surface area contributed by atoms with Crippen molar-refractivity contribution >= 4 is 11.6 Å². The molecule has 0 radical (unpaired) electrons. The number of hydrogen-bond acceptors (Lipinski definition) is 3. The highest BCUT2D eigenvalue weighted by Crippen LogP contribution is 2.31. The molecule has 1 aromatic carbocycles. The maximum atomic E-state index is 11.1. The first kappa shape index (κ1) is 9.98. The topological polar surface area (TPSA) is 64.3 Å². The minimum atomic E-state index is -0.111. The second-order valence-electron chi connectivity index (χ2n) is 3.81. The summed E-state index contributed by atoms with van der Waals surface area (Å²) in [6, 6.07) is 5.78. The van der Waals surface area contributed by atoms with Crippen LogP contribution in [-0.2, 0) is 11.2 Å². The Morgan fingerprint density at radius 1 is 1.60 bits per heavy atom. The Labute approximate surface area is 88.4 Å². The van der Waals surface area contributed by atoms with E-state index < -0.39 is 0 Å². The molecule has 0 spiro atoms. The quantitative estimate of drug-likeness (QED) is 0.755. The van der Waals surface area contributed by atoms with Crippen molar-refractivity contribution in [2.75, 3.05) is 11.9 Å². The van der Waals surface area contributed by atoms with Crippen LogP contribution in [0.2, 0.25) is 0 Å². The Morgan fingerprint density at radius 2 is 2.40 bits per heavy atom. The van der Waals surface area contributed by atoms with E-state index in [1.54, 1.807) is 0 Å². The van der Waals surface area contributed by atoms with E-state index in [2.05, 4.69) is 5.32 Å². The van der Waals surface area contributed by atoms with E-state index in [0.29, 0.717) is 0 Å². The number of nitrogens with two attached hydrogens (primary N) is 1. The van der Waals surface area contributed by atoms with Gasteiger partial charge in [-0.3, -0.25) is 4.79 Å². The molecule has 1 aromatic rings. The summed E-state index contributed by atoms with van der Waals surface area (Å²) in [5, 5.41) is 2.77. The summed E-state index contributed by atoms with van der Waals surface area (Å²) in [7, 11) is 0. The van der Waals surface area contributed by atoms with E-state index in [-0.39, 0.29) is 18.6 Å². The lowest BCUT2D eigenvalue weighted by Crippen LogP contribution is -2.27. The molecule has 0 fully saturated rings. The fourth-order valence-electron chi connectivity index (χ4n) is 1.69. The maximum absolute atomic E-state index is 11.1. The van der Waals surface area contributed by atoms with E-state index in [0.717, 1.165) is 23.4 Å². The largest absolute Gasteiger partial charge is 0.481 e. The smallest absolute Gasteiger partial charge is 0.262 e. The minimum absolute atomic E-state index is 0.0812. The molecule has 1 aliphatic heterocycles. The maximum Gasteiger partial charge on any atom is 0.262 e. The van der Waals surface area contributed by atoms with Crippen LogP contribution in [0.15, 0.2) is 18.2 Å². The van der Waals surface area contributed by atoms with Crippen molar-refractivity contribution in [3.05, 3.63) is 23.8 Å². The van der Waals surface area contributed by atoms with Crippen LogP contribution in [0.5, 0.6) is 5.75 Å². The Balaban J connectivity index is 2.33. The van der Waals surface area contributed by atoms with Gasteiger partial charge in [0.2, 0.25) is 0 Å². The van der Waals surface area contributed by atoms with Crippen LogP contribution in [0.4, 0.5) is 5.69 Å². The minimum Gasteiger partial charge on any atom is -0.481 e. The van der Waals surface area contributed by atoms with Crippen LogP contribution in [0.25, 0.3) is 0 Å². The van der Waals surface area contributed by atoms with Crippen molar-refractivity contribution in [3.8, 4) is 5.75 Å². The Morgan fingerprint density at radius 3 is 3.13 bits per heavy atom. The molecule has 0 saturated heterocycles. The van der Waals surface area contributed by atoms with Crippen molar-refractivity contribution in [1.82, 2.24) is 0 Å². The normalized spacial score (nSPS) is 16.3. The van der Waals surface area contributed by atoms with Crippen LogP contribution in [0.3, 0.4) is 0 Å². The van der Waals surface area contributed by atoms with Crippen LogP contribution < -0.4 is 15.8 Å². The van der Waals surface area contributed by atoms with Gasteiger partial charge in [-0.25, -0.2) is 0 Å². The van der Waals surface area contributed by atoms with E-state index >= 15 is 0 Å². The van der Waals surface area contributed by atoms with E-state index in [1.165, 1.54) is 0 Å². The standard InChI is InChI=1S/C11H14N2O2/c1-7(12)5-8-3-2-4-9-11(8)15-6-10(14)13-9/h2-4,7H,5-6,12H2,1H3,(H,13,14). The molecule has 4 nitrogen and oxygen atoms in total. The lowest BCUT2D eigenvalue weighted by atomic mass is 10.0. The van der Waals surface area contributed by atoms with Crippen molar-refractivity contribution in [3.63, 3.8) is 0 Å². The summed E-state index contributed by atoms with van der Waals surface area (Å²) in [6.45, 7) is 2.03. The highest BCUT2D eigenvalue weighted by molar-refractivity contribution is 5.95. The molecule has 0 aliphatic carbocycles. The van der Waals surface area contributed by atoms with Crippen molar-refractivity contribution < 1.29 is 9.53 Å². The summed E-state index contributed by atoms with van der Waals surface area (Å²) < 4.78 is 5.40. The zero-order valence-corrected chi connectivity index (χ0v) is 8.62. The molecule has 3 N–H and O–H groups in total. The molecule has 80 valence electrons. The number of amides is 1. The van der Waals surface area contributed by atoms with Gasteiger partial charge in [-0.05, 0) is 25.0 Å². The molecule has 0 bridgehead atoms. The number of nitrogens with one attached hydrogen (secondary N) is 1. The van der Waals surface area contributed by atoms with Gasteiger partial charge in [0.25, 0.3) is 5.91 Å². The molecule has 1 heterocycles. The van der Waals surface area contributed by atoms with Gasteiger partial charge in [0.1, 0.15) is 5.75 Å². The molecule has 0 saturated carbocycles. The summed E-state index contributed by atoms with van der Waals surface area (Å²) in [5.74, 6) is 0.648. The van der Waals surface area contributed by atoms with Gasteiger partial charge >= 0.3 is 0 Å². The van der Waals surface area contributed by atoms with Crippen LogP contribution in [0.1, 0.15) is 12.5 Å². The zero-order chi connectivity index (χ0) is 10.8. The summed E-state index contributed by atoms with van der Waals surface area (Å²) in [4.78, 5) is 11.1. The van der Waals surface area contributed by atoms with E-state index in [4.69, 9.17) is 10.5 Å². The number of rotatable bonds is 2. The number of hydrogen-bond donors (Lipinski definition) is 2. The van der Waals surface area contributed by atoms with E-state index in [1.807, 2.05) is 25.1 Å². The SMILES string of the molecule is CC(N)Cc1cccc2c1OCC(=O)N2. The third-order valence-electron chi connectivity index (χ3n) is 2.26. The summed E-state index contributed by atoms with van der Waals surface area (Å²) in [5.41, 5.74) is 7.53. The molecule has 4 heteroatoms. The van der Waals surface area contributed by atoms with Gasteiger partial charge in [0.05, 0.1) is 5.69 Å². The molecule has 15 heavy (non-hydrogen) atoms. The highest BCUT2D eigenvalue weighted by Gasteiger charge is 2.18. The number of anilines is 1. The van der Waals surface area contributed by atoms with Gasteiger partial charge < -0.3 is 15.8 Å².